The average Bonchev–Trinajstić information content (AvgIpc) is 3.87. The Morgan fingerprint density at radius 3 is 2.27 bits per heavy atom. The van der Waals surface area contributed by atoms with Crippen molar-refractivity contribution in [3.05, 3.63) is 91.8 Å². The van der Waals surface area contributed by atoms with Crippen molar-refractivity contribution in [2.24, 2.45) is 5.41 Å². The van der Waals surface area contributed by atoms with E-state index >= 15 is 0 Å². The molecule has 1 aliphatic carbocycles. The lowest BCUT2D eigenvalue weighted by molar-refractivity contribution is -0.384. The first-order valence-electron chi connectivity index (χ1n) is 20.1. The van der Waals surface area contributed by atoms with Crippen molar-refractivity contribution in [3.63, 3.8) is 0 Å². The van der Waals surface area contributed by atoms with Crippen molar-refractivity contribution in [2.45, 2.75) is 131 Å². The fourth-order valence-electron chi connectivity index (χ4n) is 7.03. The maximum absolute atomic E-state index is 14.2. The number of Topliss-reactive ketones (excluding diaryl/α,β-unsaturated/α-hetero) is 1. The van der Waals surface area contributed by atoms with Gasteiger partial charge in [-0.2, -0.15) is 5.26 Å². The number of benzene rings is 3. The quantitative estimate of drug-likeness (QED) is 0.0597. The second kappa shape index (κ2) is 17.4. The molecule has 4 aromatic rings. The number of hydrogen-bond donors (Lipinski definition) is 1. The lowest BCUT2D eigenvalue weighted by Gasteiger charge is -2.31. The number of amides is 2. The molecule has 0 aliphatic heterocycles. The molecule has 0 spiro atoms. The number of non-ortho nitro benzene ring substituents is 1. The van der Waals surface area contributed by atoms with Crippen molar-refractivity contribution in [1.29, 1.82) is 5.26 Å². The number of nitrogens with one attached hydrogen (secondary N) is 1. The van der Waals surface area contributed by atoms with Crippen LogP contribution in [0.1, 0.15) is 129 Å². The summed E-state index contributed by atoms with van der Waals surface area (Å²) in [5, 5.41) is 24.3. The first-order chi connectivity index (χ1) is 27.6. The minimum Gasteiger partial charge on any atom is -0.435 e. The molecule has 312 valence electrons. The minimum atomic E-state index is -1.90. The van der Waals surface area contributed by atoms with E-state index < -0.39 is 34.2 Å². The Hall–Kier alpha value is -5.54. The smallest absolute Gasteiger partial charge is 0.415 e. The molecule has 1 fully saturated rings. The van der Waals surface area contributed by atoms with E-state index in [4.69, 9.17) is 25.7 Å². The van der Waals surface area contributed by atoms with Gasteiger partial charge in [0.25, 0.3) is 11.6 Å². The molecule has 13 heteroatoms. The topological polar surface area (TPSA) is 169 Å². The zero-order valence-corrected chi connectivity index (χ0v) is 36.4. The molecular weight excluding hydrogens is 770 g/mol. The van der Waals surface area contributed by atoms with Gasteiger partial charge in [0, 0.05) is 34.8 Å². The number of rotatable bonds is 13. The highest BCUT2D eigenvalue weighted by Gasteiger charge is 2.41. The van der Waals surface area contributed by atoms with Crippen molar-refractivity contribution >= 4 is 69.2 Å². The number of ether oxygens (including phenoxy) is 1. The lowest BCUT2D eigenvalue weighted by Crippen LogP contribution is -2.48. The molecule has 5 rings (SSSR count). The first kappa shape index (κ1) is 44.6. The molecule has 3 aromatic carbocycles. The molecule has 0 bridgehead atoms. The van der Waals surface area contributed by atoms with Crippen LogP contribution in [0.4, 0.5) is 21.9 Å². The van der Waals surface area contributed by atoms with Gasteiger partial charge in [-0.1, -0.05) is 98.9 Å². The van der Waals surface area contributed by atoms with Gasteiger partial charge in [-0.3, -0.25) is 24.6 Å². The third-order valence-electron chi connectivity index (χ3n) is 11.7. The summed E-state index contributed by atoms with van der Waals surface area (Å²) in [7, 11) is 0. The van der Waals surface area contributed by atoms with Crippen molar-refractivity contribution < 1.29 is 28.5 Å². The van der Waals surface area contributed by atoms with Crippen LogP contribution in [0, 0.1) is 33.8 Å². The Morgan fingerprint density at radius 2 is 1.69 bits per heavy atom. The van der Waals surface area contributed by atoms with Crippen LogP contribution < -0.4 is 10.2 Å². The Kier molecular flexibility index (Phi) is 13.1. The summed E-state index contributed by atoms with van der Waals surface area (Å²) in [6, 6.07) is 15.1. The van der Waals surface area contributed by atoms with E-state index in [9.17, 15) is 29.8 Å². The number of carbonyl (C=O) groups is 3. The molecular formula is C46H54ClN5O7. The van der Waals surface area contributed by atoms with Crippen LogP contribution in [-0.2, 0) is 25.2 Å². The number of anilines is 2. The van der Waals surface area contributed by atoms with Gasteiger partial charge in [0.15, 0.2) is 11.4 Å². The highest BCUT2D eigenvalue weighted by Crippen LogP contribution is 2.40. The van der Waals surface area contributed by atoms with Gasteiger partial charge in [0.2, 0.25) is 12.0 Å². The number of halogens is 1. The van der Waals surface area contributed by atoms with Crippen LogP contribution in [0.5, 0.6) is 0 Å². The van der Waals surface area contributed by atoms with Gasteiger partial charge in [-0.25, -0.2) is 9.78 Å². The number of nitrogens with zero attached hydrogens (tertiary/aromatic N) is 4. The summed E-state index contributed by atoms with van der Waals surface area (Å²) in [5.74, 6) is -1.46. The Bertz CT molecular complexity index is 2360. The zero-order valence-electron chi connectivity index (χ0n) is 35.6. The van der Waals surface area contributed by atoms with Crippen LogP contribution in [0.15, 0.2) is 52.9 Å². The van der Waals surface area contributed by atoms with Crippen LogP contribution in [0.2, 0.25) is 5.02 Å². The Morgan fingerprint density at radius 1 is 1.03 bits per heavy atom. The van der Waals surface area contributed by atoms with E-state index in [2.05, 4.69) is 65.1 Å². The second-order valence-corrected chi connectivity index (χ2v) is 18.1. The number of fused-ring (bicyclic) bond motifs is 1. The van der Waals surface area contributed by atoms with Gasteiger partial charge < -0.3 is 14.5 Å². The monoisotopic (exact) mass is 823 g/mol. The molecule has 1 unspecified atom stereocenters. The number of carbonyl (C=O) groups excluding carboxylic acids is 3. The number of ketones is 1. The summed E-state index contributed by atoms with van der Waals surface area (Å²) in [6.07, 6.45) is 3.82. The molecule has 1 atom stereocenters. The number of aryl methyl sites for hydroxylation is 1. The number of nitro groups is 1. The molecule has 1 aliphatic rings. The standard InChI is InChI=1S/C46H54ClN5O7/c1-11-45(7,8)30-23-34(46(9,10)12-2)38-37(24-30)50-42(58-38)29(26-48)22-28-17-18-32(21-27(28)3)51(31-15-13-14-16-31)43(55)59-39(40(53)44(4,5)6)41(54)49-36-25-33(52(56)57)19-20-35(36)47/h17-25,31,39H,11-16H2,1-10H3,(H,49,54)/b29-22+. The molecule has 59 heavy (non-hydrogen) atoms. The van der Waals surface area contributed by atoms with E-state index in [-0.39, 0.29) is 44.7 Å². The maximum atomic E-state index is 14.2. The van der Waals surface area contributed by atoms with Gasteiger partial charge >= 0.3 is 6.09 Å². The zero-order chi connectivity index (χ0) is 43.6. The molecule has 0 radical (unpaired) electrons. The fraction of sp³-hybridized carbons (Fsp3) is 0.457. The van der Waals surface area contributed by atoms with Gasteiger partial charge in [-0.05, 0) is 90.5 Å². The van der Waals surface area contributed by atoms with Crippen LogP contribution in [0.3, 0.4) is 0 Å². The first-order valence-corrected chi connectivity index (χ1v) is 20.5. The fourth-order valence-corrected chi connectivity index (χ4v) is 7.20. The third kappa shape index (κ3) is 9.68. The molecule has 12 nitrogen and oxygen atoms in total. The van der Waals surface area contributed by atoms with E-state index in [0.717, 1.165) is 48.4 Å². The van der Waals surface area contributed by atoms with Crippen LogP contribution >= 0.6 is 11.6 Å². The highest BCUT2D eigenvalue weighted by atomic mass is 35.5. The summed E-state index contributed by atoms with van der Waals surface area (Å²) in [6.45, 7) is 19.7. The molecule has 1 heterocycles. The summed E-state index contributed by atoms with van der Waals surface area (Å²) < 4.78 is 12.2. The SMILES string of the molecule is CCC(C)(C)c1cc(C(C)(C)CC)c2oc(/C(C#N)=C/c3ccc(N(C(=O)OC(C(=O)Nc4cc([N+](=O)[O-])ccc4Cl)C(=O)C(C)(C)C)C4CCCC4)cc3C)nc2c1. The van der Waals surface area contributed by atoms with Gasteiger partial charge in [-0.15, -0.1) is 0 Å². The predicted octanol–water partition coefficient (Wildman–Crippen LogP) is 11.6. The third-order valence-corrected chi connectivity index (χ3v) is 12.0. The lowest BCUT2D eigenvalue weighted by atomic mass is 9.76. The van der Waals surface area contributed by atoms with E-state index in [1.807, 2.05) is 6.92 Å². The molecule has 1 saturated carbocycles. The van der Waals surface area contributed by atoms with E-state index in [1.54, 1.807) is 45.0 Å². The minimum absolute atomic E-state index is 0.000403. The number of nitriles is 1. The number of allylic oxidation sites excluding steroid dienone is 1. The van der Waals surface area contributed by atoms with Crippen molar-refractivity contribution in [2.75, 3.05) is 10.2 Å². The maximum Gasteiger partial charge on any atom is 0.415 e. The summed E-state index contributed by atoms with van der Waals surface area (Å²) in [5.41, 5.74) is 3.88. The summed E-state index contributed by atoms with van der Waals surface area (Å²) >= 11 is 6.25. The second-order valence-electron chi connectivity index (χ2n) is 17.7. The van der Waals surface area contributed by atoms with Gasteiger partial charge in [0.05, 0.1) is 15.6 Å². The largest absolute Gasteiger partial charge is 0.435 e. The molecule has 2 amide bonds. The normalized spacial score (nSPS) is 14.5. The average molecular weight is 824 g/mol. The number of hydrogen-bond acceptors (Lipinski definition) is 9. The van der Waals surface area contributed by atoms with E-state index in [1.165, 1.54) is 17.0 Å². The number of oxazole rings is 1. The molecule has 1 aromatic heterocycles. The summed E-state index contributed by atoms with van der Waals surface area (Å²) in [4.78, 5) is 58.7. The van der Waals surface area contributed by atoms with Crippen molar-refractivity contribution in [3.8, 4) is 6.07 Å². The van der Waals surface area contributed by atoms with Gasteiger partial charge in [0.1, 0.15) is 17.2 Å². The molecule has 1 N–H and O–H groups in total. The highest BCUT2D eigenvalue weighted by molar-refractivity contribution is 6.34. The number of nitro benzene ring substituents is 1. The van der Waals surface area contributed by atoms with Crippen LogP contribution in [-0.4, -0.2) is 39.8 Å². The Balaban J connectivity index is 1.50. The Labute approximate surface area is 351 Å². The van der Waals surface area contributed by atoms with Crippen LogP contribution in [0.25, 0.3) is 22.7 Å². The predicted molar refractivity (Wildman–Crippen MR) is 232 cm³/mol. The van der Waals surface area contributed by atoms with Crippen molar-refractivity contribution in [1.82, 2.24) is 4.98 Å². The molecule has 0 saturated heterocycles. The van der Waals surface area contributed by atoms with E-state index in [0.29, 0.717) is 35.2 Å². The number of aromatic nitrogens is 1.